The molecule has 0 bridgehead atoms. The molecule has 2 aromatic rings. The van der Waals surface area contributed by atoms with E-state index in [0.29, 0.717) is 5.56 Å². The van der Waals surface area contributed by atoms with E-state index in [1.807, 2.05) is 0 Å². The topological polar surface area (TPSA) is 69.4 Å². The molecular weight excluding hydrogens is 361 g/mol. The first kappa shape index (κ1) is 18.0. The summed E-state index contributed by atoms with van der Waals surface area (Å²) in [5.74, 6) is -0.865. The minimum atomic E-state index is -3.69. The number of sulfone groups is 1. The van der Waals surface area contributed by atoms with Crippen LogP contribution in [0.25, 0.3) is 0 Å². The first-order chi connectivity index (χ1) is 11.9. The lowest BCUT2D eigenvalue weighted by molar-refractivity contribution is 0.166. The number of rotatable bonds is 6. The second kappa shape index (κ2) is 6.48. The van der Waals surface area contributed by atoms with Gasteiger partial charge < -0.3 is 10.5 Å². The van der Waals surface area contributed by atoms with Gasteiger partial charge in [0.2, 0.25) is 0 Å². The third kappa shape index (κ3) is 2.86. The Morgan fingerprint density at radius 3 is 2.32 bits per heavy atom. The van der Waals surface area contributed by atoms with Gasteiger partial charge in [-0.3, -0.25) is 0 Å². The van der Waals surface area contributed by atoms with Gasteiger partial charge in [-0.05, 0) is 29.8 Å². The third-order valence-corrected chi connectivity index (χ3v) is 7.40. The number of nitrogens with two attached hydrogens (primary N) is 1. The van der Waals surface area contributed by atoms with Crippen molar-refractivity contribution in [2.75, 3.05) is 13.7 Å². The van der Waals surface area contributed by atoms with E-state index in [1.54, 1.807) is 42.5 Å². The summed E-state index contributed by atoms with van der Waals surface area (Å²) in [7, 11) is -2.21. The van der Waals surface area contributed by atoms with Crippen LogP contribution in [0.2, 0.25) is 0 Å². The van der Waals surface area contributed by atoms with Gasteiger partial charge in [-0.25, -0.2) is 12.8 Å². The van der Waals surface area contributed by atoms with Gasteiger partial charge in [-0.2, -0.15) is 0 Å². The minimum Gasteiger partial charge on any atom is -0.393 e. The molecule has 0 spiro atoms. The molecule has 3 unspecified atom stereocenters. The second-order valence-corrected chi connectivity index (χ2v) is 8.65. The molecule has 0 aromatic heterocycles. The molecule has 2 N–H and O–H groups in total. The monoisotopic (exact) mass is 379 g/mol. The molecular formula is C18H18FNO3S2. The zero-order valence-electron chi connectivity index (χ0n) is 13.6. The van der Waals surface area contributed by atoms with Gasteiger partial charge in [0, 0.05) is 13.0 Å². The number of hydrogen-bond donors (Lipinski definition) is 1. The van der Waals surface area contributed by atoms with Gasteiger partial charge in [0.25, 0.3) is 0 Å². The molecule has 3 rings (SSSR count). The summed E-state index contributed by atoms with van der Waals surface area (Å²) < 4.78 is 44.9. The Morgan fingerprint density at radius 2 is 1.80 bits per heavy atom. The molecule has 0 heterocycles. The van der Waals surface area contributed by atoms with Crippen LogP contribution in [0.5, 0.6) is 0 Å². The number of methoxy groups -OCH3 is 1. The van der Waals surface area contributed by atoms with Crippen LogP contribution in [0.3, 0.4) is 0 Å². The van der Waals surface area contributed by atoms with Crippen LogP contribution >= 0.6 is 12.2 Å². The summed E-state index contributed by atoms with van der Waals surface area (Å²) in [6, 6.07) is 13.9. The molecule has 0 aliphatic heterocycles. The maximum absolute atomic E-state index is 13.3. The number of halogens is 1. The molecule has 2 aromatic carbocycles. The first-order valence-corrected chi connectivity index (χ1v) is 9.64. The zero-order valence-corrected chi connectivity index (χ0v) is 15.2. The Labute approximate surface area is 151 Å². The highest BCUT2D eigenvalue weighted by molar-refractivity contribution is 7.92. The van der Waals surface area contributed by atoms with Crippen LogP contribution in [-0.4, -0.2) is 32.4 Å². The highest BCUT2D eigenvalue weighted by atomic mass is 32.2. The fraction of sp³-hybridized carbons (Fsp3) is 0.278. The Bertz CT molecular complexity index is 884. The molecule has 7 heteroatoms. The fourth-order valence-corrected chi connectivity index (χ4v) is 6.33. The summed E-state index contributed by atoms with van der Waals surface area (Å²) in [5, 5.41) is -0.842. The van der Waals surface area contributed by atoms with Crippen molar-refractivity contribution in [3.05, 3.63) is 66.0 Å². The highest BCUT2D eigenvalue weighted by Gasteiger charge is 2.73. The summed E-state index contributed by atoms with van der Waals surface area (Å²) in [4.78, 5) is 0.300. The average molecular weight is 379 g/mol. The quantitative estimate of drug-likeness (QED) is 0.782. The van der Waals surface area contributed by atoms with Crippen molar-refractivity contribution in [2.45, 2.75) is 16.1 Å². The molecule has 0 amide bonds. The molecule has 4 nitrogen and oxygen atoms in total. The van der Waals surface area contributed by atoms with Gasteiger partial charge in [-0.15, -0.1) is 0 Å². The highest BCUT2D eigenvalue weighted by Crippen LogP contribution is 2.64. The van der Waals surface area contributed by atoms with E-state index in [0.717, 1.165) is 0 Å². The normalized spacial score (nSPS) is 25.5. The van der Waals surface area contributed by atoms with Crippen LogP contribution in [0, 0.1) is 11.2 Å². The maximum atomic E-state index is 13.3. The van der Waals surface area contributed by atoms with E-state index in [1.165, 1.54) is 19.2 Å². The van der Waals surface area contributed by atoms with Gasteiger partial charge in [0.1, 0.15) is 5.82 Å². The average Bonchev–Trinajstić information content (AvgIpc) is 3.28. The third-order valence-electron chi connectivity index (χ3n) is 4.73. The second-order valence-electron chi connectivity index (χ2n) is 6.15. The molecule has 1 fully saturated rings. The molecule has 1 saturated carbocycles. The number of ether oxygens (including phenoxy) is 1. The first-order valence-electron chi connectivity index (χ1n) is 7.69. The van der Waals surface area contributed by atoms with Crippen LogP contribution in [0.1, 0.15) is 11.5 Å². The van der Waals surface area contributed by atoms with E-state index < -0.39 is 26.4 Å². The SMILES string of the molecule is COCC1(C(N)=S)C(c2ccc(F)cc2)C1S(=O)(=O)c1ccccc1. The van der Waals surface area contributed by atoms with Crippen molar-refractivity contribution in [2.24, 2.45) is 11.1 Å². The number of hydrogen-bond acceptors (Lipinski definition) is 4. The largest absolute Gasteiger partial charge is 0.393 e. The predicted molar refractivity (Wildman–Crippen MR) is 97.7 cm³/mol. The molecule has 0 radical (unpaired) electrons. The molecule has 25 heavy (non-hydrogen) atoms. The van der Waals surface area contributed by atoms with Crippen molar-refractivity contribution >= 4 is 27.0 Å². The van der Waals surface area contributed by atoms with Crippen LogP contribution in [0.4, 0.5) is 4.39 Å². The molecule has 1 aliphatic carbocycles. The maximum Gasteiger partial charge on any atom is 0.182 e. The summed E-state index contributed by atoms with van der Waals surface area (Å²) in [6.07, 6.45) is 0. The van der Waals surface area contributed by atoms with Crippen molar-refractivity contribution in [1.82, 2.24) is 0 Å². The van der Waals surface area contributed by atoms with Crippen molar-refractivity contribution < 1.29 is 17.5 Å². The van der Waals surface area contributed by atoms with Gasteiger partial charge in [0.15, 0.2) is 9.84 Å². The van der Waals surface area contributed by atoms with E-state index >= 15 is 0 Å². The Balaban J connectivity index is 2.12. The molecule has 132 valence electrons. The Morgan fingerprint density at radius 1 is 1.20 bits per heavy atom. The summed E-state index contributed by atoms with van der Waals surface area (Å²) >= 11 is 5.22. The fourth-order valence-electron chi connectivity index (χ4n) is 3.54. The van der Waals surface area contributed by atoms with Gasteiger partial charge >= 0.3 is 0 Å². The van der Waals surface area contributed by atoms with E-state index in [9.17, 15) is 12.8 Å². The molecule has 0 saturated heterocycles. The molecule has 1 aliphatic rings. The lowest BCUT2D eigenvalue weighted by atomic mass is 10.00. The van der Waals surface area contributed by atoms with Gasteiger partial charge in [0.05, 0.1) is 27.2 Å². The smallest absolute Gasteiger partial charge is 0.182 e. The van der Waals surface area contributed by atoms with Crippen molar-refractivity contribution in [3.63, 3.8) is 0 Å². The van der Waals surface area contributed by atoms with Crippen molar-refractivity contribution in [1.29, 1.82) is 0 Å². The predicted octanol–water partition coefficient (Wildman–Crippen LogP) is 2.68. The molecule has 3 atom stereocenters. The van der Waals surface area contributed by atoms with E-state index in [-0.39, 0.29) is 22.3 Å². The van der Waals surface area contributed by atoms with Gasteiger partial charge in [-0.1, -0.05) is 42.5 Å². The van der Waals surface area contributed by atoms with Crippen molar-refractivity contribution in [3.8, 4) is 0 Å². The van der Waals surface area contributed by atoms with E-state index in [2.05, 4.69) is 0 Å². The lowest BCUT2D eigenvalue weighted by Gasteiger charge is -2.16. The Hall–Kier alpha value is -1.83. The minimum absolute atomic E-state index is 0.0844. The van der Waals surface area contributed by atoms with Crippen LogP contribution in [-0.2, 0) is 14.6 Å². The van der Waals surface area contributed by atoms with Crippen LogP contribution in [0.15, 0.2) is 59.5 Å². The zero-order chi connectivity index (χ0) is 18.2. The summed E-state index contributed by atoms with van der Waals surface area (Å²) in [5.41, 5.74) is 5.63. The summed E-state index contributed by atoms with van der Waals surface area (Å²) in [6.45, 7) is 0.0844. The lowest BCUT2D eigenvalue weighted by Crippen LogP contribution is -2.33. The van der Waals surface area contributed by atoms with E-state index in [4.69, 9.17) is 22.7 Å². The van der Waals surface area contributed by atoms with Crippen LogP contribution < -0.4 is 5.73 Å². The standard InChI is InChI=1S/C18H18FNO3S2/c1-23-11-18(17(20)24)15(12-7-9-13(19)10-8-12)16(18)25(21,22)14-5-3-2-4-6-14/h2-10,15-16H,11H2,1H3,(H2,20,24). The number of thiocarbonyl (C=S) groups is 1. The Kier molecular flexibility index (Phi) is 4.66. The number of benzene rings is 2.